The molecule has 3 aromatic carbocycles. The van der Waals surface area contributed by atoms with Crippen molar-refractivity contribution in [3.8, 4) is 0 Å². The lowest BCUT2D eigenvalue weighted by Gasteiger charge is -2.31. The molecular formula is C24H17F3O2. The van der Waals surface area contributed by atoms with Gasteiger partial charge >= 0.3 is 0 Å². The molecule has 2 nitrogen and oxygen atoms in total. The number of carbonyl (C=O) groups is 1. The van der Waals surface area contributed by atoms with E-state index in [9.17, 15) is 23.1 Å². The van der Waals surface area contributed by atoms with Gasteiger partial charge in [-0.1, -0.05) is 49.4 Å². The van der Waals surface area contributed by atoms with Crippen molar-refractivity contribution in [2.24, 2.45) is 5.92 Å². The average molecular weight is 394 g/mol. The Hall–Kier alpha value is -3.18. The van der Waals surface area contributed by atoms with Crippen LogP contribution in [0.5, 0.6) is 0 Å². The van der Waals surface area contributed by atoms with Gasteiger partial charge in [-0.3, -0.25) is 4.79 Å². The normalized spacial score (nSPS) is 21.7. The van der Waals surface area contributed by atoms with E-state index in [2.05, 4.69) is 0 Å². The van der Waals surface area contributed by atoms with E-state index in [4.69, 9.17) is 0 Å². The second kappa shape index (κ2) is 7.01. The van der Waals surface area contributed by atoms with Crippen LogP contribution in [0.4, 0.5) is 13.2 Å². The maximum absolute atomic E-state index is 14.0. The minimum atomic E-state index is -1.80. The van der Waals surface area contributed by atoms with Crippen molar-refractivity contribution < 1.29 is 23.1 Å². The van der Waals surface area contributed by atoms with Crippen molar-refractivity contribution in [2.45, 2.75) is 12.5 Å². The summed E-state index contributed by atoms with van der Waals surface area (Å²) >= 11 is 0. The first-order valence-electron chi connectivity index (χ1n) is 9.11. The molecule has 4 rings (SSSR count). The molecule has 0 bridgehead atoms. The Labute approximate surface area is 165 Å². The Morgan fingerprint density at radius 2 is 1.38 bits per heavy atom. The first kappa shape index (κ1) is 19.2. The molecule has 0 aliphatic heterocycles. The monoisotopic (exact) mass is 394 g/mol. The molecule has 3 aromatic rings. The molecule has 0 radical (unpaired) electrons. The fraction of sp³-hybridized carbons (Fsp3) is 0.125. The van der Waals surface area contributed by atoms with Gasteiger partial charge in [-0.15, -0.1) is 0 Å². The highest BCUT2D eigenvalue weighted by atomic mass is 19.1. The third-order valence-electron chi connectivity index (χ3n) is 5.40. The summed E-state index contributed by atoms with van der Waals surface area (Å²) < 4.78 is 41.5. The lowest BCUT2D eigenvalue weighted by molar-refractivity contribution is -0.121. The molecule has 146 valence electrons. The summed E-state index contributed by atoms with van der Waals surface area (Å²) in [6.07, 6.45) is 0. The Balaban J connectivity index is 2.08. The highest BCUT2D eigenvalue weighted by molar-refractivity contribution is 6.33. The van der Waals surface area contributed by atoms with Crippen LogP contribution in [0.2, 0.25) is 0 Å². The largest absolute Gasteiger partial charge is 0.380 e. The van der Waals surface area contributed by atoms with E-state index in [-0.39, 0.29) is 22.5 Å². The van der Waals surface area contributed by atoms with Gasteiger partial charge in [0.05, 0.1) is 5.92 Å². The lowest BCUT2D eigenvalue weighted by Crippen LogP contribution is -2.33. The number of aliphatic hydroxyl groups is 1. The van der Waals surface area contributed by atoms with Gasteiger partial charge in [0.2, 0.25) is 0 Å². The topological polar surface area (TPSA) is 37.3 Å². The second-order valence-electron chi connectivity index (χ2n) is 7.13. The minimum Gasteiger partial charge on any atom is -0.380 e. The molecule has 0 heterocycles. The van der Waals surface area contributed by atoms with Gasteiger partial charge in [-0.05, 0) is 41.0 Å². The molecule has 29 heavy (non-hydrogen) atoms. The standard InChI is InChI=1S/C24H17F3O2/c1-14-23(28)21(15-7-9-18(25)10-8-15)22(16-11-19(26)13-20(27)12-16)24(14,29)17-5-3-2-4-6-17/h2-14,29H,1H3. The minimum absolute atomic E-state index is 0.0610. The van der Waals surface area contributed by atoms with Gasteiger partial charge in [-0.25, -0.2) is 13.2 Å². The predicted molar refractivity (Wildman–Crippen MR) is 104 cm³/mol. The summed E-state index contributed by atoms with van der Waals surface area (Å²) in [7, 11) is 0. The van der Waals surface area contributed by atoms with Crippen molar-refractivity contribution in [3.63, 3.8) is 0 Å². The van der Waals surface area contributed by atoms with Crippen molar-refractivity contribution >= 4 is 16.9 Å². The SMILES string of the molecule is CC1C(=O)C(c2ccc(F)cc2)=C(c2cc(F)cc(F)c2)C1(O)c1ccccc1. The molecule has 5 heteroatoms. The summed E-state index contributed by atoms with van der Waals surface area (Å²) in [4.78, 5) is 13.2. The molecule has 0 fully saturated rings. The van der Waals surface area contributed by atoms with E-state index in [0.717, 1.165) is 18.2 Å². The molecule has 2 atom stereocenters. The van der Waals surface area contributed by atoms with Crippen LogP contribution in [-0.4, -0.2) is 10.9 Å². The van der Waals surface area contributed by atoms with Gasteiger partial charge in [0.15, 0.2) is 5.78 Å². The molecule has 0 spiro atoms. The van der Waals surface area contributed by atoms with Crippen molar-refractivity contribution in [2.75, 3.05) is 0 Å². The van der Waals surface area contributed by atoms with Crippen molar-refractivity contribution in [1.82, 2.24) is 0 Å². The molecule has 0 saturated carbocycles. The summed E-state index contributed by atoms with van der Waals surface area (Å²) in [5.74, 6) is -3.43. The van der Waals surface area contributed by atoms with Crippen LogP contribution in [0.15, 0.2) is 72.8 Å². The number of hydrogen-bond acceptors (Lipinski definition) is 2. The molecule has 1 N–H and O–H groups in total. The quantitative estimate of drug-likeness (QED) is 0.669. The van der Waals surface area contributed by atoms with E-state index in [0.29, 0.717) is 11.1 Å². The van der Waals surface area contributed by atoms with E-state index >= 15 is 0 Å². The number of carbonyl (C=O) groups excluding carboxylic acids is 1. The van der Waals surface area contributed by atoms with Gasteiger partial charge in [0, 0.05) is 17.2 Å². The number of allylic oxidation sites excluding steroid dienone is 1. The van der Waals surface area contributed by atoms with E-state index < -0.39 is 29.0 Å². The van der Waals surface area contributed by atoms with Crippen LogP contribution in [0.3, 0.4) is 0 Å². The first-order chi connectivity index (χ1) is 13.8. The Morgan fingerprint density at radius 3 is 1.97 bits per heavy atom. The molecule has 0 amide bonds. The summed E-state index contributed by atoms with van der Waals surface area (Å²) in [5.41, 5.74) is -0.721. The Kier molecular flexibility index (Phi) is 4.63. The van der Waals surface area contributed by atoms with Crippen molar-refractivity contribution in [3.05, 3.63) is 107 Å². The van der Waals surface area contributed by atoms with Crippen LogP contribution in [0.25, 0.3) is 11.1 Å². The highest BCUT2D eigenvalue weighted by Crippen LogP contribution is 2.53. The van der Waals surface area contributed by atoms with Crippen molar-refractivity contribution in [1.29, 1.82) is 0 Å². The fourth-order valence-corrected chi connectivity index (χ4v) is 3.99. The number of rotatable bonds is 3. The summed E-state index contributed by atoms with van der Waals surface area (Å²) in [5, 5.41) is 11.8. The predicted octanol–water partition coefficient (Wildman–Crippen LogP) is 5.12. The average Bonchev–Trinajstić information content (AvgIpc) is 2.91. The summed E-state index contributed by atoms with van der Waals surface area (Å²) in [6.45, 7) is 1.57. The number of ketones is 1. The first-order valence-corrected chi connectivity index (χ1v) is 9.11. The maximum Gasteiger partial charge on any atom is 0.170 e. The third-order valence-corrected chi connectivity index (χ3v) is 5.40. The molecule has 0 saturated heterocycles. The number of Topliss-reactive ketones (excluding diaryl/α,β-unsaturated/α-hetero) is 1. The smallest absolute Gasteiger partial charge is 0.170 e. The van der Waals surface area contributed by atoms with E-state index in [1.54, 1.807) is 37.3 Å². The zero-order valence-electron chi connectivity index (χ0n) is 15.5. The van der Waals surface area contributed by atoms with Gasteiger partial charge < -0.3 is 5.11 Å². The van der Waals surface area contributed by atoms with Gasteiger partial charge in [0.25, 0.3) is 0 Å². The van der Waals surface area contributed by atoms with Crippen LogP contribution in [-0.2, 0) is 10.4 Å². The second-order valence-corrected chi connectivity index (χ2v) is 7.13. The number of benzene rings is 3. The summed E-state index contributed by atoms with van der Waals surface area (Å²) in [6, 6.07) is 16.6. The third kappa shape index (κ3) is 3.08. The van der Waals surface area contributed by atoms with Crippen LogP contribution in [0, 0.1) is 23.4 Å². The van der Waals surface area contributed by atoms with Crippen LogP contribution >= 0.6 is 0 Å². The van der Waals surface area contributed by atoms with Crippen LogP contribution < -0.4 is 0 Å². The molecule has 0 aromatic heterocycles. The van der Waals surface area contributed by atoms with Gasteiger partial charge in [0.1, 0.15) is 23.1 Å². The molecule has 2 unspecified atom stereocenters. The highest BCUT2D eigenvalue weighted by Gasteiger charge is 2.52. The zero-order valence-corrected chi connectivity index (χ0v) is 15.5. The maximum atomic E-state index is 14.0. The number of halogens is 3. The molecular weight excluding hydrogens is 377 g/mol. The van der Waals surface area contributed by atoms with E-state index in [1.165, 1.54) is 24.3 Å². The Bertz CT molecular complexity index is 1100. The van der Waals surface area contributed by atoms with E-state index in [1.807, 2.05) is 0 Å². The van der Waals surface area contributed by atoms with Gasteiger partial charge in [-0.2, -0.15) is 0 Å². The molecule has 1 aliphatic rings. The Morgan fingerprint density at radius 1 is 0.793 bits per heavy atom. The van der Waals surface area contributed by atoms with Crippen LogP contribution in [0.1, 0.15) is 23.6 Å². The molecule has 1 aliphatic carbocycles. The number of hydrogen-bond donors (Lipinski definition) is 1. The zero-order chi connectivity index (χ0) is 20.8. The fourth-order valence-electron chi connectivity index (χ4n) is 3.99. The lowest BCUT2D eigenvalue weighted by atomic mass is 9.78.